The normalized spacial score (nSPS) is 10.4. The van der Waals surface area contributed by atoms with Crippen LogP contribution in [0.2, 0.25) is 0 Å². The van der Waals surface area contributed by atoms with E-state index in [4.69, 9.17) is 12.2 Å². The lowest BCUT2D eigenvalue weighted by molar-refractivity contribution is 0.622. The lowest BCUT2D eigenvalue weighted by atomic mass is 10.2. The van der Waals surface area contributed by atoms with Crippen molar-refractivity contribution < 1.29 is 4.39 Å². The molecule has 0 atom stereocenters. The summed E-state index contributed by atoms with van der Waals surface area (Å²) in [5.41, 5.74) is 0.786. The summed E-state index contributed by atoms with van der Waals surface area (Å²) in [4.78, 5) is 1.89. The topological polar surface area (TPSA) is 15.3 Å². The van der Waals surface area contributed by atoms with Gasteiger partial charge in [-0.1, -0.05) is 19.9 Å². The summed E-state index contributed by atoms with van der Waals surface area (Å²) in [6, 6.07) is 6.48. The number of halogens is 1. The molecule has 0 radical (unpaired) electrons. The van der Waals surface area contributed by atoms with Crippen LogP contribution in [0.1, 0.15) is 20.8 Å². The van der Waals surface area contributed by atoms with Crippen molar-refractivity contribution in [3.8, 4) is 0 Å². The minimum atomic E-state index is -0.243. The number of hydrogen-bond acceptors (Lipinski definition) is 1. The fraction of sp³-hybridized carbons (Fsp3) is 0.462. The molecule has 0 amide bonds. The van der Waals surface area contributed by atoms with Crippen molar-refractivity contribution >= 4 is 23.0 Å². The van der Waals surface area contributed by atoms with E-state index >= 15 is 0 Å². The molecule has 0 bridgehead atoms. The van der Waals surface area contributed by atoms with E-state index in [2.05, 4.69) is 19.2 Å². The van der Waals surface area contributed by atoms with Crippen LogP contribution in [0.4, 0.5) is 10.1 Å². The van der Waals surface area contributed by atoms with Gasteiger partial charge in [0.2, 0.25) is 0 Å². The molecule has 94 valence electrons. The first-order chi connectivity index (χ1) is 8.04. The number of benzene rings is 1. The molecule has 0 fully saturated rings. The molecule has 0 aromatic heterocycles. The molecule has 0 saturated heterocycles. The van der Waals surface area contributed by atoms with Crippen molar-refractivity contribution in [3.05, 3.63) is 30.1 Å². The van der Waals surface area contributed by atoms with E-state index < -0.39 is 0 Å². The molecule has 0 aliphatic heterocycles. The molecule has 0 spiro atoms. The molecule has 2 nitrogen and oxygen atoms in total. The zero-order chi connectivity index (χ0) is 12.8. The Morgan fingerprint density at radius 1 is 1.47 bits per heavy atom. The van der Waals surface area contributed by atoms with Gasteiger partial charge in [-0.25, -0.2) is 4.39 Å². The third-order valence-electron chi connectivity index (χ3n) is 2.34. The van der Waals surface area contributed by atoms with Crippen LogP contribution < -0.4 is 10.2 Å². The van der Waals surface area contributed by atoms with Gasteiger partial charge in [0.05, 0.1) is 0 Å². The van der Waals surface area contributed by atoms with Gasteiger partial charge in [-0.3, -0.25) is 0 Å². The first kappa shape index (κ1) is 13.9. The summed E-state index contributed by atoms with van der Waals surface area (Å²) in [6.45, 7) is 7.77. The number of nitrogens with one attached hydrogen (secondary N) is 1. The van der Waals surface area contributed by atoms with Crippen molar-refractivity contribution in [1.29, 1.82) is 0 Å². The van der Waals surface area contributed by atoms with Crippen LogP contribution in [0.5, 0.6) is 0 Å². The van der Waals surface area contributed by atoms with Gasteiger partial charge in [-0.05, 0) is 43.3 Å². The second-order valence-electron chi connectivity index (χ2n) is 4.30. The Hall–Kier alpha value is -1.16. The lowest BCUT2D eigenvalue weighted by Crippen LogP contribution is -2.41. The molecule has 1 aromatic carbocycles. The number of anilines is 1. The highest BCUT2D eigenvalue weighted by Crippen LogP contribution is 2.15. The Balaban J connectivity index is 2.74. The number of rotatable bonds is 4. The third-order valence-corrected chi connectivity index (χ3v) is 2.71. The van der Waals surface area contributed by atoms with E-state index in [0.29, 0.717) is 17.6 Å². The van der Waals surface area contributed by atoms with Crippen molar-refractivity contribution in [3.63, 3.8) is 0 Å². The average Bonchev–Trinajstić information content (AvgIpc) is 2.27. The molecule has 0 aliphatic carbocycles. The van der Waals surface area contributed by atoms with Gasteiger partial charge in [0, 0.05) is 18.8 Å². The Kier molecular flexibility index (Phi) is 5.35. The molecule has 1 aromatic rings. The van der Waals surface area contributed by atoms with E-state index in [0.717, 1.165) is 12.2 Å². The fourth-order valence-corrected chi connectivity index (χ4v) is 1.79. The van der Waals surface area contributed by atoms with E-state index in [1.165, 1.54) is 12.1 Å². The average molecular weight is 254 g/mol. The van der Waals surface area contributed by atoms with Crippen LogP contribution in [0, 0.1) is 11.7 Å². The summed E-state index contributed by atoms with van der Waals surface area (Å²) in [5, 5.41) is 3.83. The first-order valence-corrected chi connectivity index (χ1v) is 6.26. The minimum Gasteiger partial charge on any atom is -0.362 e. The fourth-order valence-electron chi connectivity index (χ4n) is 1.47. The van der Waals surface area contributed by atoms with E-state index in [1.54, 1.807) is 6.07 Å². The first-order valence-electron chi connectivity index (χ1n) is 5.85. The summed E-state index contributed by atoms with van der Waals surface area (Å²) in [7, 11) is 0. The molecular formula is C13H19FN2S. The van der Waals surface area contributed by atoms with Gasteiger partial charge >= 0.3 is 0 Å². The van der Waals surface area contributed by atoms with E-state index in [-0.39, 0.29) is 5.82 Å². The summed E-state index contributed by atoms with van der Waals surface area (Å²) < 4.78 is 13.2. The quantitative estimate of drug-likeness (QED) is 0.831. The van der Waals surface area contributed by atoms with Crippen LogP contribution in [-0.4, -0.2) is 18.2 Å². The Labute approximate surface area is 108 Å². The maximum atomic E-state index is 13.2. The number of nitrogens with zero attached hydrogens (tertiary/aromatic N) is 1. The largest absolute Gasteiger partial charge is 0.362 e. The van der Waals surface area contributed by atoms with Gasteiger partial charge in [-0.2, -0.15) is 0 Å². The van der Waals surface area contributed by atoms with Crippen LogP contribution in [0.25, 0.3) is 0 Å². The SMILES string of the molecule is CCN(C(=S)NCC(C)C)c1cccc(F)c1. The predicted molar refractivity (Wildman–Crippen MR) is 74.9 cm³/mol. The van der Waals surface area contributed by atoms with Gasteiger partial charge in [-0.15, -0.1) is 0 Å². The molecule has 0 aliphatic rings. The van der Waals surface area contributed by atoms with Crippen LogP contribution in [-0.2, 0) is 0 Å². The number of thiocarbonyl (C=S) groups is 1. The standard InChI is InChI=1S/C13H19FN2S/c1-4-16(13(17)15-9-10(2)3)12-7-5-6-11(14)8-12/h5-8,10H,4,9H2,1-3H3,(H,15,17). The molecule has 4 heteroatoms. The highest BCUT2D eigenvalue weighted by Gasteiger charge is 2.10. The summed E-state index contributed by atoms with van der Waals surface area (Å²) >= 11 is 5.31. The van der Waals surface area contributed by atoms with E-state index in [1.807, 2.05) is 17.9 Å². The molecule has 17 heavy (non-hydrogen) atoms. The lowest BCUT2D eigenvalue weighted by Gasteiger charge is -2.25. The molecule has 1 N–H and O–H groups in total. The monoisotopic (exact) mass is 254 g/mol. The van der Waals surface area contributed by atoms with Gasteiger partial charge < -0.3 is 10.2 Å². The van der Waals surface area contributed by atoms with E-state index in [9.17, 15) is 4.39 Å². The van der Waals surface area contributed by atoms with Crippen LogP contribution >= 0.6 is 12.2 Å². The Morgan fingerprint density at radius 3 is 2.71 bits per heavy atom. The van der Waals surface area contributed by atoms with Crippen LogP contribution in [0.3, 0.4) is 0 Å². The zero-order valence-corrected chi connectivity index (χ0v) is 11.4. The molecule has 0 unspecified atom stereocenters. The molecule has 1 rings (SSSR count). The second kappa shape index (κ2) is 6.55. The highest BCUT2D eigenvalue weighted by molar-refractivity contribution is 7.80. The van der Waals surface area contributed by atoms with Gasteiger partial charge in [0.1, 0.15) is 5.82 Å². The van der Waals surface area contributed by atoms with Crippen molar-refractivity contribution in [2.75, 3.05) is 18.0 Å². The third kappa shape index (κ3) is 4.30. The van der Waals surface area contributed by atoms with Crippen LogP contribution in [0.15, 0.2) is 24.3 Å². The summed E-state index contributed by atoms with van der Waals surface area (Å²) in [5.74, 6) is 0.284. The molecular weight excluding hydrogens is 235 g/mol. The van der Waals surface area contributed by atoms with Crippen molar-refractivity contribution in [2.45, 2.75) is 20.8 Å². The maximum Gasteiger partial charge on any atom is 0.173 e. The highest BCUT2D eigenvalue weighted by atomic mass is 32.1. The van der Waals surface area contributed by atoms with Crippen molar-refractivity contribution in [1.82, 2.24) is 5.32 Å². The Morgan fingerprint density at radius 2 is 2.18 bits per heavy atom. The zero-order valence-electron chi connectivity index (χ0n) is 10.5. The van der Waals surface area contributed by atoms with Gasteiger partial charge in [0.25, 0.3) is 0 Å². The summed E-state index contributed by atoms with van der Waals surface area (Å²) in [6.07, 6.45) is 0. The smallest absolute Gasteiger partial charge is 0.173 e. The van der Waals surface area contributed by atoms with Gasteiger partial charge in [0.15, 0.2) is 5.11 Å². The Bertz CT molecular complexity index is 379. The predicted octanol–water partition coefficient (Wildman–Crippen LogP) is 3.18. The minimum absolute atomic E-state index is 0.243. The molecule has 0 saturated carbocycles. The second-order valence-corrected chi connectivity index (χ2v) is 4.69. The van der Waals surface area contributed by atoms with Crippen molar-refractivity contribution in [2.24, 2.45) is 5.92 Å². The number of hydrogen-bond donors (Lipinski definition) is 1. The molecule has 0 heterocycles. The maximum absolute atomic E-state index is 13.2.